The summed E-state index contributed by atoms with van der Waals surface area (Å²) in [5.41, 5.74) is 5.98. The SMILES string of the molecule is CCN(C(C)COC)C(CO)C(N)COC. The predicted molar refractivity (Wildman–Crippen MR) is 64.4 cm³/mol. The maximum absolute atomic E-state index is 9.42. The van der Waals surface area contributed by atoms with E-state index in [0.717, 1.165) is 6.54 Å². The van der Waals surface area contributed by atoms with E-state index < -0.39 is 0 Å². The van der Waals surface area contributed by atoms with Gasteiger partial charge in [0.1, 0.15) is 0 Å². The fraction of sp³-hybridized carbons (Fsp3) is 1.00. The van der Waals surface area contributed by atoms with Crippen LogP contribution < -0.4 is 5.73 Å². The van der Waals surface area contributed by atoms with Crippen LogP contribution in [0.3, 0.4) is 0 Å². The van der Waals surface area contributed by atoms with Crippen molar-refractivity contribution in [2.24, 2.45) is 5.73 Å². The molecule has 0 radical (unpaired) electrons. The first-order chi connectivity index (χ1) is 7.62. The minimum atomic E-state index is -0.186. The molecule has 0 amide bonds. The number of hydrogen-bond donors (Lipinski definition) is 2. The minimum Gasteiger partial charge on any atom is -0.395 e. The lowest BCUT2D eigenvalue weighted by atomic mass is 10.1. The highest BCUT2D eigenvalue weighted by molar-refractivity contribution is 4.84. The van der Waals surface area contributed by atoms with Crippen molar-refractivity contribution in [3.8, 4) is 0 Å². The van der Waals surface area contributed by atoms with E-state index in [0.29, 0.717) is 13.2 Å². The molecule has 0 bridgehead atoms. The molecule has 3 atom stereocenters. The summed E-state index contributed by atoms with van der Waals surface area (Å²) in [4.78, 5) is 2.15. The van der Waals surface area contributed by atoms with Gasteiger partial charge in [-0.3, -0.25) is 4.90 Å². The first-order valence-corrected chi connectivity index (χ1v) is 5.72. The van der Waals surface area contributed by atoms with Gasteiger partial charge in [0.25, 0.3) is 0 Å². The summed E-state index contributed by atoms with van der Waals surface area (Å²) >= 11 is 0. The third kappa shape index (κ3) is 4.76. The van der Waals surface area contributed by atoms with Gasteiger partial charge in [0.15, 0.2) is 0 Å². The standard InChI is InChI=1S/C11H26N2O3/c1-5-13(9(2)7-15-3)11(6-14)10(12)8-16-4/h9-11,14H,5-8,12H2,1-4H3. The lowest BCUT2D eigenvalue weighted by molar-refractivity contribution is 0.0237. The van der Waals surface area contributed by atoms with Crippen LogP contribution in [0.5, 0.6) is 0 Å². The summed E-state index contributed by atoms with van der Waals surface area (Å²) in [6.45, 7) is 6.05. The number of nitrogens with zero attached hydrogens (tertiary/aromatic N) is 1. The zero-order chi connectivity index (χ0) is 12.6. The Morgan fingerprint density at radius 1 is 1.25 bits per heavy atom. The van der Waals surface area contributed by atoms with Crippen LogP contribution in [-0.4, -0.2) is 68.7 Å². The maximum atomic E-state index is 9.42. The second-order valence-corrected chi connectivity index (χ2v) is 4.00. The zero-order valence-electron chi connectivity index (χ0n) is 10.8. The first kappa shape index (κ1) is 15.8. The molecule has 5 nitrogen and oxygen atoms in total. The Morgan fingerprint density at radius 2 is 1.81 bits per heavy atom. The van der Waals surface area contributed by atoms with Crippen molar-refractivity contribution in [2.75, 3.05) is 40.6 Å². The quantitative estimate of drug-likeness (QED) is 0.572. The Hall–Kier alpha value is -0.200. The molecule has 0 heterocycles. The summed E-state index contributed by atoms with van der Waals surface area (Å²) in [5.74, 6) is 0. The predicted octanol–water partition coefficient (Wildman–Crippen LogP) is -0.322. The van der Waals surface area contributed by atoms with Crippen LogP contribution in [-0.2, 0) is 9.47 Å². The average molecular weight is 234 g/mol. The Kier molecular flexibility index (Phi) is 8.78. The average Bonchev–Trinajstić information content (AvgIpc) is 2.25. The molecule has 0 fully saturated rings. The van der Waals surface area contributed by atoms with Gasteiger partial charge in [-0.2, -0.15) is 0 Å². The highest BCUT2D eigenvalue weighted by Gasteiger charge is 2.26. The van der Waals surface area contributed by atoms with Crippen molar-refractivity contribution >= 4 is 0 Å². The molecular formula is C11H26N2O3. The molecule has 98 valence electrons. The third-order valence-electron chi connectivity index (χ3n) is 2.81. The molecule has 0 aliphatic carbocycles. The van der Waals surface area contributed by atoms with E-state index in [1.54, 1.807) is 14.2 Å². The van der Waals surface area contributed by atoms with E-state index >= 15 is 0 Å². The summed E-state index contributed by atoms with van der Waals surface area (Å²) in [5, 5.41) is 9.42. The Labute approximate surface area is 98.5 Å². The highest BCUT2D eigenvalue weighted by atomic mass is 16.5. The van der Waals surface area contributed by atoms with Gasteiger partial charge in [0.05, 0.1) is 25.9 Å². The summed E-state index contributed by atoms with van der Waals surface area (Å²) in [7, 11) is 3.29. The van der Waals surface area contributed by atoms with Gasteiger partial charge in [0.2, 0.25) is 0 Å². The van der Waals surface area contributed by atoms with E-state index in [2.05, 4.69) is 11.8 Å². The van der Waals surface area contributed by atoms with Crippen molar-refractivity contribution in [1.29, 1.82) is 0 Å². The van der Waals surface area contributed by atoms with Crippen LogP contribution in [0.1, 0.15) is 13.8 Å². The molecule has 0 saturated carbocycles. The van der Waals surface area contributed by atoms with Crippen LogP contribution in [0.2, 0.25) is 0 Å². The summed E-state index contributed by atoms with van der Waals surface area (Å²) in [6, 6.07) is -0.0422. The van der Waals surface area contributed by atoms with E-state index in [1.165, 1.54) is 0 Å². The molecule has 0 spiro atoms. The molecule has 3 N–H and O–H groups in total. The third-order valence-corrected chi connectivity index (χ3v) is 2.81. The molecule has 0 rings (SSSR count). The second kappa shape index (κ2) is 8.90. The van der Waals surface area contributed by atoms with E-state index in [9.17, 15) is 5.11 Å². The lowest BCUT2D eigenvalue weighted by Crippen LogP contribution is -2.55. The lowest BCUT2D eigenvalue weighted by Gasteiger charge is -2.37. The van der Waals surface area contributed by atoms with Crippen LogP contribution in [0.4, 0.5) is 0 Å². The van der Waals surface area contributed by atoms with Crippen molar-refractivity contribution in [2.45, 2.75) is 32.0 Å². The molecular weight excluding hydrogens is 208 g/mol. The largest absolute Gasteiger partial charge is 0.395 e. The highest BCUT2D eigenvalue weighted by Crippen LogP contribution is 2.09. The fourth-order valence-corrected chi connectivity index (χ4v) is 2.00. The number of methoxy groups -OCH3 is 2. The fourth-order valence-electron chi connectivity index (χ4n) is 2.00. The Morgan fingerprint density at radius 3 is 2.19 bits per heavy atom. The molecule has 0 aliphatic heterocycles. The summed E-state index contributed by atoms with van der Waals surface area (Å²) < 4.78 is 10.2. The van der Waals surface area contributed by atoms with Crippen LogP contribution in [0, 0.1) is 0 Å². The van der Waals surface area contributed by atoms with Gasteiger partial charge >= 0.3 is 0 Å². The maximum Gasteiger partial charge on any atom is 0.0629 e. The molecule has 0 saturated heterocycles. The number of hydrogen-bond acceptors (Lipinski definition) is 5. The molecule has 0 aliphatic rings. The van der Waals surface area contributed by atoms with E-state index in [1.807, 2.05) is 6.92 Å². The van der Waals surface area contributed by atoms with Crippen LogP contribution in [0.25, 0.3) is 0 Å². The zero-order valence-corrected chi connectivity index (χ0v) is 10.8. The number of likely N-dealkylation sites (N-methyl/N-ethyl adjacent to an activating group) is 1. The molecule has 3 unspecified atom stereocenters. The monoisotopic (exact) mass is 234 g/mol. The van der Waals surface area contributed by atoms with Crippen molar-refractivity contribution in [3.05, 3.63) is 0 Å². The number of aliphatic hydroxyl groups excluding tert-OH is 1. The van der Waals surface area contributed by atoms with Gasteiger partial charge in [-0.25, -0.2) is 0 Å². The van der Waals surface area contributed by atoms with E-state index in [4.69, 9.17) is 15.2 Å². The normalized spacial score (nSPS) is 17.4. The van der Waals surface area contributed by atoms with Gasteiger partial charge in [-0.15, -0.1) is 0 Å². The molecule has 0 aromatic carbocycles. The molecule has 5 heteroatoms. The van der Waals surface area contributed by atoms with Gasteiger partial charge in [-0.05, 0) is 13.5 Å². The van der Waals surface area contributed by atoms with E-state index in [-0.39, 0.29) is 24.7 Å². The van der Waals surface area contributed by atoms with Gasteiger partial charge in [0, 0.05) is 26.3 Å². The summed E-state index contributed by atoms with van der Waals surface area (Å²) in [6.07, 6.45) is 0. The second-order valence-electron chi connectivity index (χ2n) is 4.00. The van der Waals surface area contributed by atoms with Crippen molar-refractivity contribution < 1.29 is 14.6 Å². The number of aliphatic hydroxyl groups is 1. The molecule has 0 aromatic heterocycles. The van der Waals surface area contributed by atoms with Crippen molar-refractivity contribution in [1.82, 2.24) is 4.90 Å². The Balaban J connectivity index is 4.47. The van der Waals surface area contributed by atoms with Crippen LogP contribution >= 0.6 is 0 Å². The van der Waals surface area contributed by atoms with Crippen LogP contribution in [0.15, 0.2) is 0 Å². The van der Waals surface area contributed by atoms with Crippen molar-refractivity contribution in [3.63, 3.8) is 0 Å². The Bertz CT molecular complexity index is 151. The minimum absolute atomic E-state index is 0.0341. The molecule has 0 aromatic rings. The number of nitrogens with two attached hydrogens (primary N) is 1. The van der Waals surface area contributed by atoms with Gasteiger partial charge < -0.3 is 20.3 Å². The number of rotatable bonds is 9. The first-order valence-electron chi connectivity index (χ1n) is 5.72. The smallest absolute Gasteiger partial charge is 0.0629 e. The van der Waals surface area contributed by atoms with Gasteiger partial charge in [-0.1, -0.05) is 6.92 Å². The molecule has 16 heavy (non-hydrogen) atoms. The number of ether oxygens (including phenoxy) is 2. The topological polar surface area (TPSA) is 68.0 Å².